The van der Waals surface area contributed by atoms with Gasteiger partial charge >= 0.3 is 76.0 Å². The fraction of sp³-hybridized carbons (Fsp3) is 0.667. The fourth-order valence-corrected chi connectivity index (χ4v) is 10.2. The summed E-state index contributed by atoms with van der Waals surface area (Å²) in [5.41, 5.74) is 1.45. The van der Waals surface area contributed by atoms with Crippen molar-refractivity contribution in [1.29, 1.82) is 0 Å². The van der Waals surface area contributed by atoms with Gasteiger partial charge in [0.25, 0.3) is 0 Å². The number of thiocarbonyl (C=S) groups is 1. The van der Waals surface area contributed by atoms with Crippen LogP contribution >= 0.6 is 21.1 Å². The van der Waals surface area contributed by atoms with Gasteiger partial charge in [-0.15, -0.1) is 0 Å². The molecular formula is C21H34ClNS2Sn. The number of likely N-dealkylation sites (tertiary alicyclic amines) is 1. The summed E-state index contributed by atoms with van der Waals surface area (Å²) < 4.78 is 3.44. The Bertz CT molecular complexity index is 470. The van der Waals surface area contributed by atoms with Gasteiger partial charge in [-0.25, -0.2) is 0 Å². The fourth-order valence-electron chi connectivity index (χ4n) is 3.13. The number of benzene rings is 1. The Morgan fingerprint density at radius 1 is 1.12 bits per heavy atom. The van der Waals surface area contributed by atoms with E-state index in [9.17, 15) is 0 Å². The van der Waals surface area contributed by atoms with E-state index < -0.39 is 18.6 Å². The van der Waals surface area contributed by atoms with Crippen LogP contribution in [0.3, 0.4) is 0 Å². The number of hydrogen-bond donors (Lipinski definition) is 0. The van der Waals surface area contributed by atoms with E-state index in [-0.39, 0.29) is 0 Å². The summed E-state index contributed by atoms with van der Waals surface area (Å²) in [6, 6.07) is 10.7. The molecule has 0 radical (unpaired) electrons. The van der Waals surface area contributed by atoms with Crippen LogP contribution in [0.2, 0.25) is 8.87 Å². The standard InChI is InChI=1S/C13H17NS2.2C4H9.ClH.Sn/c15-13(16)14-8-6-12(7-9-14)10-11-4-2-1-3-5-11;2*1-3-4-2;;/h1-5,12H,6-10H2,(H,15,16);2*1,3-4H2,2H3;1H;/q;;;;+2/p-2. The second-order valence-corrected chi connectivity index (χ2v) is 17.5. The molecule has 1 nitrogen and oxygen atoms in total. The minimum absolute atomic E-state index is 0.637. The molecule has 1 aliphatic heterocycles. The molecule has 5 heteroatoms. The number of rotatable bonds is 8. The van der Waals surface area contributed by atoms with Crippen molar-refractivity contribution < 1.29 is 0 Å². The van der Waals surface area contributed by atoms with Gasteiger partial charge in [0, 0.05) is 13.1 Å². The molecule has 0 saturated carbocycles. The van der Waals surface area contributed by atoms with E-state index in [1.807, 2.05) is 0 Å². The van der Waals surface area contributed by atoms with E-state index in [2.05, 4.69) is 49.1 Å². The first-order valence-electron chi connectivity index (χ1n) is 10.1. The summed E-state index contributed by atoms with van der Waals surface area (Å²) in [5, 5.41) is 0. The van der Waals surface area contributed by atoms with Gasteiger partial charge in [-0.2, -0.15) is 0 Å². The first-order valence-corrected chi connectivity index (χ1v) is 18.5. The zero-order valence-electron chi connectivity index (χ0n) is 16.4. The number of nitrogens with zero attached hydrogens (tertiary/aromatic N) is 1. The molecule has 0 aliphatic carbocycles. The Balaban J connectivity index is 0.000000294. The molecule has 2 rings (SSSR count). The van der Waals surface area contributed by atoms with Crippen molar-refractivity contribution in [2.75, 3.05) is 13.1 Å². The average Bonchev–Trinajstić information content (AvgIpc) is 2.66. The van der Waals surface area contributed by atoms with Gasteiger partial charge in [-0.05, 0) is 30.7 Å². The van der Waals surface area contributed by atoms with E-state index >= 15 is 0 Å². The van der Waals surface area contributed by atoms with Gasteiger partial charge in [0.2, 0.25) is 0 Å². The van der Waals surface area contributed by atoms with Crippen LogP contribution in [0.15, 0.2) is 30.3 Å². The molecular weight excluding hydrogens is 485 g/mol. The van der Waals surface area contributed by atoms with Crippen LogP contribution in [0.5, 0.6) is 0 Å². The average molecular weight is 519 g/mol. The summed E-state index contributed by atoms with van der Waals surface area (Å²) in [7, 11) is 6.24. The zero-order chi connectivity index (χ0) is 19.2. The number of unbranched alkanes of at least 4 members (excludes halogenated alkanes) is 2. The van der Waals surface area contributed by atoms with Crippen LogP contribution in [0.1, 0.15) is 57.9 Å². The molecule has 1 saturated heterocycles. The molecule has 0 unspecified atom stereocenters. The third kappa shape index (κ3) is 11.3. The third-order valence-electron chi connectivity index (χ3n) is 4.84. The maximum absolute atomic E-state index is 6.24. The summed E-state index contributed by atoms with van der Waals surface area (Å²) >= 11 is 8.78. The number of hydrogen-bond acceptors (Lipinski definition) is 2. The molecule has 1 heterocycles. The Morgan fingerprint density at radius 3 is 2.12 bits per heavy atom. The summed E-state index contributed by atoms with van der Waals surface area (Å²) in [6.45, 7) is 6.57. The first-order chi connectivity index (χ1) is 12.6. The Morgan fingerprint density at radius 2 is 1.65 bits per heavy atom. The molecule has 1 aromatic carbocycles. The van der Waals surface area contributed by atoms with Crippen molar-refractivity contribution in [1.82, 2.24) is 4.90 Å². The second kappa shape index (κ2) is 15.4. The Kier molecular flexibility index (Phi) is 14.4. The van der Waals surface area contributed by atoms with Crippen LogP contribution in [-0.4, -0.2) is 40.9 Å². The van der Waals surface area contributed by atoms with Crippen LogP contribution in [0.4, 0.5) is 0 Å². The molecule has 0 aromatic heterocycles. The van der Waals surface area contributed by atoms with Crippen LogP contribution in [0.25, 0.3) is 0 Å². The normalized spacial score (nSPS) is 14.5. The van der Waals surface area contributed by atoms with Crippen molar-refractivity contribution in [3.63, 3.8) is 0 Å². The van der Waals surface area contributed by atoms with E-state index in [4.69, 9.17) is 33.8 Å². The summed E-state index contributed by atoms with van der Waals surface area (Å²) in [5.74, 6) is 0.794. The van der Waals surface area contributed by atoms with E-state index in [1.165, 1.54) is 59.4 Å². The smallest absolute Gasteiger partial charge is 0.0165 e. The molecule has 1 aromatic rings. The van der Waals surface area contributed by atoms with Crippen molar-refractivity contribution in [2.24, 2.45) is 5.92 Å². The Hall–Kier alpha value is 0.419. The maximum atomic E-state index is 6.24. The molecule has 1 fully saturated rings. The van der Waals surface area contributed by atoms with Gasteiger partial charge in [0.15, 0.2) is 0 Å². The van der Waals surface area contributed by atoms with Crippen molar-refractivity contribution in [3.05, 3.63) is 35.9 Å². The van der Waals surface area contributed by atoms with E-state index in [0.717, 1.165) is 19.0 Å². The van der Waals surface area contributed by atoms with Crippen LogP contribution < -0.4 is 0 Å². The van der Waals surface area contributed by atoms with Crippen molar-refractivity contribution in [2.45, 2.75) is 67.7 Å². The van der Waals surface area contributed by atoms with Crippen LogP contribution in [-0.2, 0) is 19.0 Å². The van der Waals surface area contributed by atoms with Gasteiger partial charge in [0.05, 0.1) is 0 Å². The molecule has 26 heavy (non-hydrogen) atoms. The molecule has 0 atom stereocenters. The monoisotopic (exact) mass is 519 g/mol. The molecule has 0 N–H and O–H groups in total. The summed E-state index contributed by atoms with van der Waals surface area (Å²) in [6.07, 6.45) is 9.02. The van der Waals surface area contributed by atoms with E-state index in [0.29, 0.717) is 4.32 Å². The predicted octanol–water partition coefficient (Wildman–Crippen LogP) is 6.59. The molecule has 1 aliphatic rings. The first kappa shape index (κ1) is 24.5. The zero-order valence-corrected chi connectivity index (χ0v) is 21.6. The largest absolute Gasteiger partial charge is 0.411 e. The van der Waals surface area contributed by atoms with Crippen molar-refractivity contribution >= 4 is 56.7 Å². The predicted molar refractivity (Wildman–Crippen MR) is 125 cm³/mol. The van der Waals surface area contributed by atoms with Gasteiger partial charge in [0.1, 0.15) is 0 Å². The second-order valence-electron chi connectivity index (χ2n) is 7.11. The molecule has 0 amide bonds. The number of piperidine rings is 1. The Labute approximate surface area is 183 Å². The SMILES string of the molecule is CCC[CH2][Sn+]([Cl])[CH2]CCC.S=C([S-])N1CCC(Cc2ccccc2)CC1. The topological polar surface area (TPSA) is 3.24 Å². The van der Waals surface area contributed by atoms with Crippen molar-refractivity contribution in [3.8, 4) is 0 Å². The third-order valence-corrected chi connectivity index (χ3v) is 13.0. The number of halogens is 1. The molecule has 0 bridgehead atoms. The van der Waals surface area contributed by atoms with Gasteiger partial charge in [-0.1, -0.05) is 34.7 Å². The van der Waals surface area contributed by atoms with Crippen LogP contribution in [0, 0.1) is 5.92 Å². The minimum atomic E-state index is -1.27. The summed E-state index contributed by atoms with van der Waals surface area (Å²) in [4.78, 5) is 2.14. The maximum Gasteiger partial charge on any atom is 0.0165 e. The van der Waals surface area contributed by atoms with E-state index in [1.54, 1.807) is 0 Å². The van der Waals surface area contributed by atoms with Gasteiger partial charge in [-0.3, -0.25) is 0 Å². The minimum Gasteiger partial charge on any atom is -0.411 e. The van der Waals surface area contributed by atoms with Gasteiger partial charge < -0.3 is 29.7 Å². The molecule has 146 valence electrons. The molecule has 0 spiro atoms. The quantitative estimate of drug-likeness (QED) is 0.217.